The Balaban J connectivity index is 1.94. The number of benzene rings is 1. The van der Waals surface area contributed by atoms with Crippen LogP contribution in [0.3, 0.4) is 0 Å². The van der Waals surface area contributed by atoms with Crippen molar-refractivity contribution in [3.8, 4) is 6.07 Å². The summed E-state index contributed by atoms with van der Waals surface area (Å²) in [5, 5.41) is 12.7. The van der Waals surface area contributed by atoms with Crippen LogP contribution in [0.5, 0.6) is 0 Å². The minimum absolute atomic E-state index is 0.196. The standard InChI is InChI=1S/C14H12N4O/c1-11-17-13(10-15)14(19-11)18-16-9-5-8-12-6-3-2-4-7-12/h2-9,18H,1H3/b8-5+,16-9-. The van der Waals surface area contributed by atoms with Crippen molar-refractivity contribution in [2.45, 2.75) is 6.92 Å². The molecule has 94 valence electrons. The predicted molar refractivity (Wildman–Crippen MR) is 73.5 cm³/mol. The Morgan fingerprint density at radius 3 is 2.89 bits per heavy atom. The summed E-state index contributed by atoms with van der Waals surface area (Å²) in [5.74, 6) is 0.679. The van der Waals surface area contributed by atoms with Crippen molar-refractivity contribution in [3.63, 3.8) is 0 Å². The first-order valence-corrected chi connectivity index (χ1v) is 5.68. The first-order chi connectivity index (χ1) is 9.29. The topological polar surface area (TPSA) is 74.2 Å². The van der Waals surface area contributed by atoms with E-state index in [-0.39, 0.29) is 11.6 Å². The van der Waals surface area contributed by atoms with Gasteiger partial charge in [0.15, 0.2) is 5.89 Å². The summed E-state index contributed by atoms with van der Waals surface area (Å²) in [6.07, 6.45) is 5.28. The molecule has 0 bridgehead atoms. The van der Waals surface area contributed by atoms with E-state index in [0.717, 1.165) is 5.56 Å². The van der Waals surface area contributed by atoms with Gasteiger partial charge in [0.05, 0.1) is 0 Å². The quantitative estimate of drug-likeness (QED) is 0.670. The van der Waals surface area contributed by atoms with E-state index in [1.54, 1.807) is 19.2 Å². The Labute approximate surface area is 110 Å². The molecule has 0 spiro atoms. The van der Waals surface area contributed by atoms with Crippen molar-refractivity contribution in [1.82, 2.24) is 4.98 Å². The predicted octanol–water partition coefficient (Wildman–Crippen LogP) is 2.97. The minimum atomic E-state index is 0.196. The van der Waals surface area contributed by atoms with Crippen LogP contribution < -0.4 is 5.43 Å². The molecule has 0 saturated heterocycles. The van der Waals surface area contributed by atoms with Gasteiger partial charge in [0, 0.05) is 13.1 Å². The summed E-state index contributed by atoms with van der Waals surface area (Å²) in [6.45, 7) is 1.67. The highest BCUT2D eigenvalue weighted by Gasteiger charge is 2.08. The molecule has 1 aromatic heterocycles. The fraction of sp³-hybridized carbons (Fsp3) is 0.0714. The Bertz CT molecular complexity index is 635. The average molecular weight is 252 g/mol. The number of allylic oxidation sites excluding steroid dienone is 1. The van der Waals surface area contributed by atoms with Crippen molar-refractivity contribution in [1.29, 1.82) is 5.26 Å². The lowest BCUT2D eigenvalue weighted by Gasteiger charge is -1.92. The lowest BCUT2D eigenvalue weighted by molar-refractivity contribution is 0.533. The van der Waals surface area contributed by atoms with Gasteiger partial charge in [-0.25, -0.2) is 10.4 Å². The van der Waals surface area contributed by atoms with Gasteiger partial charge in [0.1, 0.15) is 6.07 Å². The molecule has 1 heterocycles. The number of nitrogens with zero attached hydrogens (tertiary/aromatic N) is 3. The van der Waals surface area contributed by atoms with Crippen molar-refractivity contribution in [3.05, 3.63) is 53.6 Å². The lowest BCUT2D eigenvalue weighted by atomic mass is 10.2. The van der Waals surface area contributed by atoms with Crippen LogP contribution >= 0.6 is 0 Å². The summed E-state index contributed by atoms with van der Waals surface area (Å²) in [5.41, 5.74) is 3.92. The monoisotopic (exact) mass is 252 g/mol. The fourth-order valence-corrected chi connectivity index (χ4v) is 1.44. The summed E-state index contributed by atoms with van der Waals surface area (Å²) >= 11 is 0. The summed E-state index contributed by atoms with van der Waals surface area (Å²) in [6, 6.07) is 11.8. The molecule has 0 unspecified atom stereocenters. The zero-order valence-corrected chi connectivity index (χ0v) is 10.4. The number of anilines is 1. The van der Waals surface area contributed by atoms with Gasteiger partial charge in [0.25, 0.3) is 5.88 Å². The third-order valence-electron chi connectivity index (χ3n) is 2.25. The van der Waals surface area contributed by atoms with Crippen molar-refractivity contribution >= 4 is 18.2 Å². The highest BCUT2D eigenvalue weighted by Crippen LogP contribution is 2.15. The second-order valence-corrected chi connectivity index (χ2v) is 3.68. The summed E-state index contributed by atoms with van der Waals surface area (Å²) in [7, 11) is 0. The van der Waals surface area contributed by atoms with Gasteiger partial charge in [-0.15, -0.1) is 0 Å². The van der Waals surface area contributed by atoms with Crippen molar-refractivity contribution in [2.75, 3.05) is 5.43 Å². The van der Waals surface area contributed by atoms with E-state index < -0.39 is 0 Å². The van der Waals surface area contributed by atoms with E-state index in [0.29, 0.717) is 5.89 Å². The number of aryl methyl sites for hydroxylation is 1. The normalized spacial score (nSPS) is 10.9. The number of aromatic nitrogens is 1. The first kappa shape index (κ1) is 12.6. The van der Waals surface area contributed by atoms with Crippen LogP contribution in [0.2, 0.25) is 0 Å². The van der Waals surface area contributed by atoms with Crippen molar-refractivity contribution in [2.24, 2.45) is 5.10 Å². The number of oxazole rings is 1. The van der Waals surface area contributed by atoms with Gasteiger partial charge in [-0.2, -0.15) is 10.4 Å². The molecule has 5 heteroatoms. The molecule has 1 N–H and O–H groups in total. The maximum atomic E-state index is 8.80. The van der Waals surface area contributed by atoms with E-state index in [1.165, 1.54) is 0 Å². The number of nitriles is 1. The smallest absolute Gasteiger partial charge is 0.252 e. The molecule has 19 heavy (non-hydrogen) atoms. The number of hydrazone groups is 1. The molecule has 2 rings (SSSR count). The molecule has 5 nitrogen and oxygen atoms in total. The number of nitrogens with one attached hydrogen (secondary N) is 1. The maximum absolute atomic E-state index is 8.80. The number of hydrogen-bond acceptors (Lipinski definition) is 5. The largest absolute Gasteiger partial charge is 0.422 e. The highest BCUT2D eigenvalue weighted by molar-refractivity contribution is 5.78. The highest BCUT2D eigenvalue weighted by atomic mass is 16.4. The third kappa shape index (κ3) is 3.54. The van der Waals surface area contributed by atoms with Gasteiger partial charge in [-0.05, 0) is 11.6 Å². The van der Waals surface area contributed by atoms with Gasteiger partial charge in [-0.1, -0.05) is 36.4 Å². The Morgan fingerprint density at radius 2 is 2.16 bits per heavy atom. The molecule has 0 saturated carbocycles. The van der Waals surface area contributed by atoms with Crippen LogP contribution in [0.25, 0.3) is 6.08 Å². The summed E-state index contributed by atoms with van der Waals surface area (Å²) in [4.78, 5) is 3.89. The van der Waals surface area contributed by atoms with Crippen molar-refractivity contribution < 1.29 is 4.42 Å². The Kier molecular flexibility index (Phi) is 4.09. The van der Waals surface area contributed by atoms with Crippen LogP contribution in [-0.2, 0) is 0 Å². The lowest BCUT2D eigenvalue weighted by Crippen LogP contribution is -1.89. The number of rotatable bonds is 4. The molecule has 0 aliphatic heterocycles. The van der Waals surface area contributed by atoms with E-state index in [9.17, 15) is 0 Å². The molecule has 1 aromatic carbocycles. The van der Waals surface area contributed by atoms with Crippen LogP contribution in [0.15, 0.2) is 45.9 Å². The molecular weight excluding hydrogens is 240 g/mol. The molecule has 0 amide bonds. The minimum Gasteiger partial charge on any atom is -0.422 e. The van der Waals surface area contributed by atoms with E-state index >= 15 is 0 Å². The molecule has 0 atom stereocenters. The SMILES string of the molecule is Cc1nc(C#N)c(N/N=C\C=C\c2ccccc2)o1. The van der Waals surface area contributed by atoms with Gasteiger partial charge in [-0.3, -0.25) is 0 Å². The average Bonchev–Trinajstić information content (AvgIpc) is 2.80. The Hall–Kier alpha value is -2.87. The zero-order valence-electron chi connectivity index (χ0n) is 10.4. The first-order valence-electron chi connectivity index (χ1n) is 5.68. The molecular formula is C14H12N4O. The van der Waals surface area contributed by atoms with Gasteiger partial charge < -0.3 is 4.42 Å². The molecule has 0 aliphatic rings. The summed E-state index contributed by atoms with van der Waals surface area (Å²) < 4.78 is 5.19. The molecule has 0 radical (unpaired) electrons. The van der Waals surface area contributed by atoms with Gasteiger partial charge >= 0.3 is 0 Å². The third-order valence-corrected chi connectivity index (χ3v) is 2.25. The second-order valence-electron chi connectivity index (χ2n) is 3.68. The number of hydrogen-bond donors (Lipinski definition) is 1. The Morgan fingerprint density at radius 1 is 1.37 bits per heavy atom. The van der Waals surface area contributed by atoms with E-state index in [2.05, 4.69) is 15.5 Å². The van der Waals surface area contributed by atoms with Crippen LogP contribution in [-0.4, -0.2) is 11.2 Å². The molecule has 0 fully saturated rings. The van der Waals surface area contributed by atoms with Crippen LogP contribution in [0.1, 0.15) is 17.1 Å². The maximum Gasteiger partial charge on any atom is 0.252 e. The molecule has 0 aliphatic carbocycles. The van der Waals surface area contributed by atoms with Gasteiger partial charge in [0.2, 0.25) is 5.69 Å². The second kappa shape index (κ2) is 6.17. The van der Waals surface area contributed by atoms with Crippen LogP contribution in [0.4, 0.5) is 5.88 Å². The zero-order chi connectivity index (χ0) is 13.5. The molecule has 2 aromatic rings. The van der Waals surface area contributed by atoms with E-state index in [4.69, 9.17) is 9.68 Å². The van der Waals surface area contributed by atoms with E-state index in [1.807, 2.05) is 42.5 Å². The fourth-order valence-electron chi connectivity index (χ4n) is 1.44. The van der Waals surface area contributed by atoms with Crippen LogP contribution in [0, 0.1) is 18.3 Å².